The quantitative estimate of drug-likeness (QED) is 0.229. The second kappa shape index (κ2) is 17.9. The Balaban J connectivity index is 2.15. The summed E-state index contributed by atoms with van der Waals surface area (Å²) in [4.78, 5) is 16.2. The van der Waals surface area contributed by atoms with Crippen molar-refractivity contribution in [2.45, 2.75) is 205 Å². The third-order valence-corrected chi connectivity index (χ3v) is 12.4. The largest absolute Gasteiger partial charge is 0.459 e. The van der Waals surface area contributed by atoms with E-state index in [-0.39, 0.29) is 43.4 Å². The van der Waals surface area contributed by atoms with E-state index in [0.717, 1.165) is 0 Å². The van der Waals surface area contributed by atoms with Crippen LogP contribution in [0.4, 0.5) is 0 Å². The van der Waals surface area contributed by atoms with Crippen LogP contribution < -0.4 is 0 Å². The fourth-order valence-corrected chi connectivity index (χ4v) is 8.98. The average Bonchev–Trinajstić information content (AvgIpc) is 3.05. The van der Waals surface area contributed by atoms with Gasteiger partial charge in [0.1, 0.15) is 23.9 Å². The monoisotopic (exact) mass is 748 g/mol. The van der Waals surface area contributed by atoms with Crippen molar-refractivity contribution in [1.82, 2.24) is 4.90 Å². The first-order chi connectivity index (χ1) is 23.9. The highest BCUT2D eigenvalue weighted by Crippen LogP contribution is 2.41. The van der Waals surface area contributed by atoms with E-state index in [9.17, 15) is 30.3 Å². The van der Waals surface area contributed by atoms with Crippen molar-refractivity contribution in [1.29, 1.82) is 0 Å². The molecular weight excluding hydrogens is 674 g/mol. The summed E-state index contributed by atoms with van der Waals surface area (Å²) in [5.74, 6) is -2.96. The Morgan fingerprint density at radius 2 is 1.54 bits per heavy atom. The van der Waals surface area contributed by atoms with Crippen molar-refractivity contribution < 1.29 is 58.7 Å². The van der Waals surface area contributed by atoms with E-state index in [0.29, 0.717) is 12.8 Å². The van der Waals surface area contributed by atoms with Gasteiger partial charge in [-0.3, -0.25) is 9.69 Å². The van der Waals surface area contributed by atoms with Gasteiger partial charge in [-0.2, -0.15) is 0 Å². The molecule has 0 aromatic heterocycles. The highest BCUT2D eigenvalue weighted by molar-refractivity contribution is 5.73. The van der Waals surface area contributed by atoms with E-state index in [4.69, 9.17) is 28.4 Å². The number of cyclic esters (lactones) is 1. The molecule has 0 radical (unpaired) electrons. The predicted molar refractivity (Wildman–Crippen MR) is 195 cm³/mol. The second-order valence-corrected chi connectivity index (χ2v) is 17.5. The maximum atomic E-state index is 14.1. The van der Waals surface area contributed by atoms with Gasteiger partial charge in [0.15, 0.2) is 12.6 Å². The number of rotatable bonds is 8. The minimum absolute atomic E-state index is 0.139. The molecule has 0 spiro atoms. The molecule has 18 atom stereocenters. The number of esters is 1. The first-order valence-electron chi connectivity index (χ1n) is 19.5. The summed E-state index contributed by atoms with van der Waals surface area (Å²) in [7, 11) is 3.47. The van der Waals surface area contributed by atoms with Crippen LogP contribution in [0.25, 0.3) is 0 Å². The highest BCUT2D eigenvalue weighted by Gasteiger charge is 2.53. The van der Waals surface area contributed by atoms with E-state index < -0.39 is 95.8 Å². The van der Waals surface area contributed by atoms with Gasteiger partial charge in [-0.05, 0) is 100.0 Å². The number of hydrogen-bond acceptors (Lipinski definition) is 13. The Morgan fingerprint density at radius 3 is 2.10 bits per heavy atom. The number of aliphatic hydroxyl groups is 5. The first-order valence-corrected chi connectivity index (χ1v) is 19.5. The minimum atomic E-state index is -1.76. The number of hydrogen-bond donors (Lipinski definition) is 5. The molecule has 3 heterocycles. The minimum Gasteiger partial charge on any atom is -0.459 e. The summed E-state index contributed by atoms with van der Waals surface area (Å²) < 4.78 is 37.6. The van der Waals surface area contributed by atoms with Gasteiger partial charge in [0.05, 0.1) is 47.6 Å². The predicted octanol–water partition coefficient (Wildman–Crippen LogP) is 3.39. The number of nitrogens with zero attached hydrogens (tertiary/aromatic N) is 1. The SMILES string of the molecule is CC[C@H]1OC(=O)[C@H](C)[C@@H](O[C@H]2C[C@@](C)(OC)[C@@H](O)[C@H](C)O2)[C@H](C)[C@@H](O[C@@H]2O[C@H](C)C[C@H](N(C)C(C)C)[C@H]2O)[C@@](C)(O)C[C@@H](C)C[C@H](C)[C@@H](O)[C@]1(C)O. The van der Waals surface area contributed by atoms with E-state index in [2.05, 4.69) is 18.7 Å². The van der Waals surface area contributed by atoms with Gasteiger partial charge in [0.2, 0.25) is 0 Å². The molecule has 0 aromatic rings. The van der Waals surface area contributed by atoms with Crippen LogP contribution in [0.1, 0.15) is 115 Å². The van der Waals surface area contributed by atoms with Crippen molar-refractivity contribution >= 4 is 5.97 Å². The Hall–Kier alpha value is -0.970. The molecule has 3 aliphatic heterocycles. The van der Waals surface area contributed by atoms with Crippen molar-refractivity contribution in [3.8, 4) is 0 Å². The van der Waals surface area contributed by atoms with Gasteiger partial charge in [-0.1, -0.05) is 27.7 Å². The molecule has 306 valence electrons. The van der Waals surface area contributed by atoms with Crippen LogP contribution in [-0.4, -0.2) is 141 Å². The maximum absolute atomic E-state index is 14.1. The molecule has 0 unspecified atom stereocenters. The normalized spacial score (nSPS) is 49.1. The van der Waals surface area contributed by atoms with Gasteiger partial charge in [-0.25, -0.2) is 0 Å². The summed E-state index contributed by atoms with van der Waals surface area (Å²) in [6, 6.07) is -0.129. The van der Waals surface area contributed by atoms with Gasteiger partial charge >= 0.3 is 5.97 Å². The van der Waals surface area contributed by atoms with E-state index in [1.165, 1.54) is 14.0 Å². The molecular formula is C39H73NO12. The number of carbonyl (C=O) groups excluding carboxylic acids is 1. The molecule has 3 fully saturated rings. The second-order valence-electron chi connectivity index (χ2n) is 17.5. The summed E-state index contributed by atoms with van der Waals surface area (Å²) in [5, 5.41) is 58.2. The zero-order chi connectivity index (χ0) is 39.7. The lowest BCUT2D eigenvalue weighted by atomic mass is 9.74. The number of methoxy groups -OCH3 is 1. The van der Waals surface area contributed by atoms with Crippen LogP contribution >= 0.6 is 0 Å². The molecule has 3 saturated heterocycles. The van der Waals surface area contributed by atoms with Crippen LogP contribution in [0.15, 0.2) is 0 Å². The fourth-order valence-electron chi connectivity index (χ4n) is 8.98. The molecule has 0 saturated carbocycles. The van der Waals surface area contributed by atoms with Gasteiger partial charge in [0.25, 0.3) is 0 Å². The fraction of sp³-hybridized carbons (Fsp3) is 0.974. The Kier molecular flexibility index (Phi) is 15.6. The summed E-state index contributed by atoms with van der Waals surface area (Å²) in [5.41, 5.74) is -4.33. The van der Waals surface area contributed by atoms with Crippen LogP contribution in [0.2, 0.25) is 0 Å². The highest BCUT2D eigenvalue weighted by atomic mass is 16.7. The van der Waals surface area contributed by atoms with Crippen molar-refractivity contribution in [3.05, 3.63) is 0 Å². The zero-order valence-electron chi connectivity index (χ0n) is 34.3. The van der Waals surface area contributed by atoms with Crippen molar-refractivity contribution in [2.75, 3.05) is 14.2 Å². The number of carbonyl (C=O) groups is 1. The van der Waals surface area contributed by atoms with Crippen molar-refractivity contribution in [2.24, 2.45) is 23.7 Å². The molecule has 3 aliphatic rings. The summed E-state index contributed by atoms with van der Waals surface area (Å²) >= 11 is 0. The molecule has 52 heavy (non-hydrogen) atoms. The lowest BCUT2D eigenvalue weighted by Crippen LogP contribution is -2.61. The number of likely N-dealkylation sites (N-methyl/N-ethyl adjacent to an activating group) is 1. The molecule has 0 amide bonds. The maximum Gasteiger partial charge on any atom is 0.311 e. The first kappa shape index (κ1) is 45.4. The number of aliphatic hydroxyl groups excluding tert-OH is 3. The third kappa shape index (κ3) is 10.1. The average molecular weight is 748 g/mol. The number of ether oxygens (including phenoxy) is 6. The van der Waals surface area contributed by atoms with Crippen LogP contribution in [0.5, 0.6) is 0 Å². The Morgan fingerprint density at radius 1 is 0.923 bits per heavy atom. The smallest absolute Gasteiger partial charge is 0.311 e. The van der Waals surface area contributed by atoms with Gasteiger partial charge < -0.3 is 54.0 Å². The standard InChI is InChI=1S/C39H73NO12/c1-15-28-39(12,46)32(42)22(5)16-21(4)18-37(10,45)34(52-36-30(41)27(17-23(6)48-36)40(13)20(2)3)24(7)31(25(8)35(44)50-28)51-29-19-38(11,47-14)33(43)26(9)49-29/h20-34,36,41-43,45-46H,15-19H2,1-14H3/t21-,22-,23+,24-,25+,26-,27-,28+,29-,30+,31-,32+,33-,34+,36-,37-,38+,39+/m0/s1. The molecule has 5 N–H and O–H groups in total. The van der Waals surface area contributed by atoms with Crippen LogP contribution in [0.3, 0.4) is 0 Å². The van der Waals surface area contributed by atoms with Crippen molar-refractivity contribution in [3.63, 3.8) is 0 Å². The van der Waals surface area contributed by atoms with Crippen LogP contribution in [0, 0.1) is 23.7 Å². The zero-order valence-corrected chi connectivity index (χ0v) is 34.3. The van der Waals surface area contributed by atoms with E-state index in [1.54, 1.807) is 34.6 Å². The molecule has 3 rings (SSSR count). The Labute approximate surface area is 312 Å². The molecule has 0 aliphatic carbocycles. The van der Waals surface area contributed by atoms with E-state index >= 15 is 0 Å². The topological polar surface area (TPSA) is 177 Å². The van der Waals surface area contributed by atoms with Crippen LogP contribution in [-0.2, 0) is 33.2 Å². The Bertz CT molecular complexity index is 1140. The lowest BCUT2D eigenvalue weighted by Gasteiger charge is -2.49. The molecule has 0 aromatic carbocycles. The third-order valence-electron chi connectivity index (χ3n) is 12.4. The molecule has 0 bridgehead atoms. The summed E-state index contributed by atoms with van der Waals surface area (Å²) in [6.07, 6.45) is -7.60. The van der Waals surface area contributed by atoms with E-state index in [1.807, 2.05) is 34.7 Å². The van der Waals surface area contributed by atoms with Gasteiger partial charge in [-0.15, -0.1) is 0 Å². The molecule has 13 heteroatoms. The summed E-state index contributed by atoms with van der Waals surface area (Å²) in [6.45, 7) is 21.8. The van der Waals surface area contributed by atoms with Gasteiger partial charge in [0, 0.05) is 31.5 Å². The lowest BCUT2D eigenvalue weighted by molar-refractivity contribution is -0.318. The molecule has 13 nitrogen and oxygen atoms in total.